The normalized spacial score (nSPS) is 9.83. The van der Waals surface area contributed by atoms with Crippen molar-refractivity contribution in [2.24, 2.45) is 0 Å². The second-order valence-electron chi connectivity index (χ2n) is 2.57. The summed E-state index contributed by atoms with van der Waals surface area (Å²) in [5.74, 6) is 0. The third-order valence-corrected chi connectivity index (χ3v) is 2.75. The van der Waals surface area contributed by atoms with Crippen molar-refractivity contribution >= 4 is 21.6 Å². The Labute approximate surface area is 87.7 Å². The van der Waals surface area contributed by atoms with Gasteiger partial charge in [0.1, 0.15) is 0 Å². The second-order valence-corrected chi connectivity index (χ2v) is 3.77. The zero-order valence-electron chi connectivity index (χ0n) is 6.96. The van der Waals surface area contributed by atoms with Crippen LogP contribution in [-0.4, -0.2) is 4.98 Å². The third-order valence-electron chi connectivity index (χ3n) is 1.65. The van der Waals surface area contributed by atoms with Gasteiger partial charge in [-0.15, -0.1) is 5.56 Å². The molecule has 0 atom stereocenters. The predicted molar refractivity (Wildman–Crippen MR) is 47.9 cm³/mol. The van der Waals surface area contributed by atoms with Crippen molar-refractivity contribution in [3.63, 3.8) is 0 Å². The Morgan fingerprint density at radius 3 is 2.83 bits per heavy atom. The van der Waals surface area contributed by atoms with Gasteiger partial charge in [0.25, 0.3) is 0 Å². The van der Waals surface area contributed by atoms with Crippen molar-refractivity contribution in [3.8, 4) is 0 Å². The molecule has 1 aromatic carbocycles. The summed E-state index contributed by atoms with van der Waals surface area (Å²) in [5.41, 5.74) is 2.30. The Morgan fingerprint density at radius 1 is 1.42 bits per heavy atom. The summed E-state index contributed by atoms with van der Waals surface area (Å²) in [5, 5.41) is 1.12. The molecule has 2 aromatic rings. The van der Waals surface area contributed by atoms with E-state index in [0.29, 0.717) is 0 Å². The van der Waals surface area contributed by atoms with E-state index in [9.17, 15) is 0 Å². The zero-order chi connectivity index (χ0) is 7.84. The van der Waals surface area contributed by atoms with Crippen LogP contribution in [0.1, 0.15) is 10.6 Å². The van der Waals surface area contributed by atoms with E-state index in [1.807, 2.05) is 13.0 Å². The number of fused-ring (bicyclic) bond motifs is 1. The molecule has 2 rings (SSSR count). The van der Waals surface area contributed by atoms with Crippen LogP contribution in [0.2, 0.25) is 0 Å². The monoisotopic (exact) mass is 213 g/mol. The maximum atomic E-state index is 4.34. The summed E-state index contributed by atoms with van der Waals surface area (Å²) in [6.07, 6.45) is 0. The van der Waals surface area contributed by atoms with Crippen LogP contribution in [0.25, 0.3) is 10.2 Å². The average molecular weight is 213 g/mol. The minimum Gasteiger partial charge on any atom is -0.269 e. The van der Waals surface area contributed by atoms with Crippen LogP contribution in [0.15, 0.2) is 12.1 Å². The molecular weight excluding hydrogens is 205 g/mol. The van der Waals surface area contributed by atoms with Gasteiger partial charge in [-0.05, 0) is 12.4 Å². The summed E-state index contributed by atoms with van der Waals surface area (Å²) >= 11 is 1.74. The molecule has 0 aliphatic carbocycles. The molecule has 0 spiro atoms. The van der Waals surface area contributed by atoms with Gasteiger partial charge in [-0.25, -0.2) is 0 Å². The molecule has 1 radical (unpaired) electrons. The predicted octanol–water partition coefficient (Wildman–Crippen LogP) is 2.71. The Kier molecular flexibility index (Phi) is 2.94. The number of rotatable bonds is 0. The van der Waals surface area contributed by atoms with Gasteiger partial charge in [-0.2, -0.15) is 29.5 Å². The summed E-state index contributed by atoms with van der Waals surface area (Å²) in [4.78, 5) is 4.34. The SMILES string of the molecule is Cc1nc2[c-]ccc(C)c2s1.[V]. The molecule has 1 aromatic heterocycles. The van der Waals surface area contributed by atoms with Crippen LogP contribution in [0, 0.1) is 19.9 Å². The Hall–Kier alpha value is -0.306. The molecule has 0 aliphatic rings. The average Bonchev–Trinajstić information content (AvgIpc) is 2.31. The summed E-state index contributed by atoms with van der Waals surface area (Å²) in [7, 11) is 0. The Morgan fingerprint density at radius 2 is 2.17 bits per heavy atom. The molecule has 0 amide bonds. The number of thiazole rings is 1. The molecule has 3 heteroatoms. The van der Waals surface area contributed by atoms with Crippen molar-refractivity contribution in [2.45, 2.75) is 13.8 Å². The van der Waals surface area contributed by atoms with E-state index >= 15 is 0 Å². The van der Waals surface area contributed by atoms with E-state index in [2.05, 4.69) is 24.0 Å². The maximum absolute atomic E-state index is 4.34. The molecule has 12 heavy (non-hydrogen) atoms. The molecule has 0 saturated heterocycles. The first-order chi connectivity index (χ1) is 5.27. The van der Waals surface area contributed by atoms with Gasteiger partial charge in [-0.1, -0.05) is 11.6 Å². The number of hydrogen-bond donors (Lipinski definition) is 0. The van der Waals surface area contributed by atoms with Crippen LogP contribution in [-0.2, 0) is 18.6 Å². The maximum Gasteiger partial charge on any atom is 0.0761 e. The molecule has 0 aliphatic heterocycles. The van der Waals surface area contributed by atoms with Crippen LogP contribution < -0.4 is 0 Å². The minimum absolute atomic E-state index is 0. The van der Waals surface area contributed by atoms with Crippen molar-refractivity contribution in [1.82, 2.24) is 4.98 Å². The van der Waals surface area contributed by atoms with E-state index in [1.54, 1.807) is 11.3 Å². The molecule has 0 fully saturated rings. The first-order valence-corrected chi connectivity index (χ1v) is 4.33. The fraction of sp³-hybridized carbons (Fsp3) is 0.222. The molecular formula is C9H8NSV-. The van der Waals surface area contributed by atoms with Gasteiger partial charge in [0.2, 0.25) is 0 Å². The van der Waals surface area contributed by atoms with E-state index in [1.165, 1.54) is 10.3 Å². The fourth-order valence-corrected chi connectivity index (χ4v) is 1.98. The Balaban J connectivity index is 0.000000720. The number of benzene rings is 1. The summed E-state index contributed by atoms with van der Waals surface area (Å²) < 4.78 is 1.27. The topological polar surface area (TPSA) is 12.9 Å². The number of hydrogen-bond acceptors (Lipinski definition) is 2. The smallest absolute Gasteiger partial charge is 0.0761 e. The summed E-state index contributed by atoms with van der Waals surface area (Å²) in [6.45, 7) is 4.13. The van der Waals surface area contributed by atoms with Crippen LogP contribution in [0.4, 0.5) is 0 Å². The van der Waals surface area contributed by atoms with E-state index < -0.39 is 0 Å². The molecule has 1 heterocycles. The molecule has 1 nitrogen and oxygen atoms in total. The number of nitrogens with zero attached hydrogens (tertiary/aromatic N) is 1. The molecule has 0 N–H and O–H groups in total. The number of aromatic nitrogens is 1. The summed E-state index contributed by atoms with van der Waals surface area (Å²) in [6, 6.07) is 7.11. The van der Waals surface area contributed by atoms with Crippen molar-refractivity contribution in [2.75, 3.05) is 0 Å². The zero-order valence-corrected chi connectivity index (χ0v) is 9.17. The second kappa shape index (κ2) is 3.61. The molecule has 0 unspecified atom stereocenters. The molecule has 0 bridgehead atoms. The van der Waals surface area contributed by atoms with Gasteiger partial charge in [0.05, 0.1) is 5.01 Å². The first kappa shape index (κ1) is 9.78. The Bertz CT molecular complexity index is 394. The minimum atomic E-state index is 0. The first-order valence-electron chi connectivity index (χ1n) is 3.52. The number of aryl methyl sites for hydroxylation is 2. The van der Waals surface area contributed by atoms with Crippen molar-refractivity contribution < 1.29 is 18.6 Å². The van der Waals surface area contributed by atoms with Gasteiger partial charge in [-0.3, -0.25) is 4.98 Å². The quantitative estimate of drug-likeness (QED) is 0.613. The van der Waals surface area contributed by atoms with Crippen LogP contribution in [0.5, 0.6) is 0 Å². The van der Waals surface area contributed by atoms with Crippen LogP contribution >= 0.6 is 11.3 Å². The van der Waals surface area contributed by atoms with Gasteiger partial charge in [0.15, 0.2) is 0 Å². The largest absolute Gasteiger partial charge is 0.269 e. The van der Waals surface area contributed by atoms with Crippen LogP contribution in [0.3, 0.4) is 0 Å². The van der Waals surface area contributed by atoms with Crippen molar-refractivity contribution in [3.05, 3.63) is 28.8 Å². The molecule has 0 saturated carbocycles. The third kappa shape index (κ3) is 1.56. The molecule has 61 valence electrons. The van der Waals surface area contributed by atoms with E-state index in [-0.39, 0.29) is 18.6 Å². The van der Waals surface area contributed by atoms with E-state index in [4.69, 9.17) is 0 Å². The standard InChI is InChI=1S/C9H8NS.V/c1-6-4-3-5-8-9(6)11-7(2)10-8;/h3-4H,1-2H3;/q-1;. The van der Waals surface area contributed by atoms with Crippen molar-refractivity contribution in [1.29, 1.82) is 0 Å². The van der Waals surface area contributed by atoms with E-state index in [0.717, 1.165) is 10.5 Å². The fourth-order valence-electron chi connectivity index (χ4n) is 1.11. The van der Waals surface area contributed by atoms with Gasteiger partial charge >= 0.3 is 0 Å². The van der Waals surface area contributed by atoms with Gasteiger partial charge < -0.3 is 0 Å². The van der Waals surface area contributed by atoms with Gasteiger partial charge in [0, 0.05) is 18.6 Å².